The molecule has 14 N–H and O–H groups in total. The van der Waals surface area contributed by atoms with Gasteiger partial charge in [0.2, 0.25) is 24.1 Å². The topological polar surface area (TPSA) is 295 Å². The van der Waals surface area contributed by atoms with Crippen LogP contribution in [0.15, 0.2) is 54.6 Å². The lowest BCUT2D eigenvalue weighted by Gasteiger charge is -2.42. The summed E-state index contributed by atoms with van der Waals surface area (Å²) in [6.07, 6.45) is 1.10. The highest BCUT2D eigenvalue weighted by atomic mass is 16.5. The first kappa shape index (κ1) is 50.4. The maximum atomic E-state index is 13.7. The van der Waals surface area contributed by atoms with Crippen LogP contribution in [0, 0.1) is 5.92 Å². The number of hydrogen-bond donors (Lipinski definition) is 12. The molecule has 1 aliphatic rings. The van der Waals surface area contributed by atoms with E-state index in [0.717, 1.165) is 12.0 Å². The van der Waals surface area contributed by atoms with Crippen LogP contribution in [0.3, 0.4) is 0 Å². The highest BCUT2D eigenvalue weighted by Gasteiger charge is 2.46. The predicted octanol–water partition coefficient (Wildman–Crippen LogP) is -1.72. The van der Waals surface area contributed by atoms with Crippen molar-refractivity contribution in [2.45, 2.75) is 114 Å². The van der Waals surface area contributed by atoms with Gasteiger partial charge in [0.05, 0.1) is 30.6 Å². The van der Waals surface area contributed by atoms with Gasteiger partial charge in [-0.25, -0.2) is 5.84 Å². The van der Waals surface area contributed by atoms with Gasteiger partial charge in [0.25, 0.3) is 5.91 Å². The summed E-state index contributed by atoms with van der Waals surface area (Å²) >= 11 is 0. The Kier molecular flexibility index (Phi) is 23.1. The Morgan fingerprint density at radius 2 is 1.64 bits per heavy atom. The maximum absolute atomic E-state index is 13.7. The lowest BCUT2D eigenvalue weighted by Crippen LogP contribution is -2.60. The van der Waals surface area contributed by atoms with Gasteiger partial charge in [0.1, 0.15) is 18.2 Å². The van der Waals surface area contributed by atoms with Crippen molar-refractivity contribution in [3.05, 3.63) is 60.1 Å². The van der Waals surface area contributed by atoms with Gasteiger partial charge < -0.3 is 68.0 Å². The fourth-order valence-corrected chi connectivity index (χ4v) is 6.79. The number of nitrogens with zero attached hydrogens (tertiary/aromatic N) is 1. The zero-order chi connectivity index (χ0) is 43.9. The summed E-state index contributed by atoms with van der Waals surface area (Å²) in [5, 5.41) is 51.9. The summed E-state index contributed by atoms with van der Waals surface area (Å²) in [7, 11) is 3.51. The summed E-state index contributed by atoms with van der Waals surface area (Å²) < 4.78 is 5.96. The molecular formula is C40H68N10O9. The molecule has 9 unspecified atom stereocenters. The molecule has 0 saturated carbocycles. The van der Waals surface area contributed by atoms with Crippen LogP contribution >= 0.6 is 0 Å². The largest absolute Gasteiger partial charge is 0.513 e. The van der Waals surface area contributed by atoms with Gasteiger partial charge in [-0.05, 0) is 71.7 Å². The molecule has 1 fully saturated rings. The van der Waals surface area contributed by atoms with Crippen molar-refractivity contribution in [2.24, 2.45) is 17.5 Å². The second kappa shape index (κ2) is 27.1. The Hall–Kier alpha value is -4.79. The number of benzene rings is 1. The van der Waals surface area contributed by atoms with Crippen LogP contribution in [0.4, 0.5) is 0 Å². The first-order valence-electron chi connectivity index (χ1n) is 20.2. The number of aliphatic hydroxyl groups is 3. The Balaban J connectivity index is 2.07. The van der Waals surface area contributed by atoms with Crippen molar-refractivity contribution >= 4 is 30.0 Å². The quantitative estimate of drug-likeness (QED) is 0.0147. The van der Waals surface area contributed by atoms with E-state index in [1.165, 1.54) is 11.2 Å². The molecule has 59 heavy (non-hydrogen) atoms. The molecule has 2 rings (SSSR count). The Bertz CT molecular complexity index is 1500. The van der Waals surface area contributed by atoms with Crippen LogP contribution in [0.2, 0.25) is 0 Å². The van der Waals surface area contributed by atoms with Crippen molar-refractivity contribution in [1.82, 2.24) is 42.2 Å². The van der Waals surface area contributed by atoms with E-state index in [2.05, 4.69) is 43.8 Å². The second-order valence-electron chi connectivity index (χ2n) is 14.9. The van der Waals surface area contributed by atoms with Crippen LogP contribution in [-0.4, -0.2) is 139 Å². The van der Waals surface area contributed by atoms with Crippen LogP contribution in [0.5, 0.6) is 0 Å². The van der Waals surface area contributed by atoms with Gasteiger partial charge in [0, 0.05) is 43.4 Å². The summed E-state index contributed by atoms with van der Waals surface area (Å²) in [4.78, 5) is 63.3. The summed E-state index contributed by atoms with van der Waals surface area (Å²) in [6, 6.07) is 5.98. The van der Waals surface area contributed by atoms with Crippen molar-refractivity contribution < 1.29 is 44.0 Å². The zero-order valence-electron chi connectivity index (χ0n) is 34.8. The van der Waals surface area contributed by atoms with Gasteiger partial charge in [0.15, 0.2) is 6.10 Å². The van der Waals surface area contributed by atoms with E-state index < -0.39 is 72.7 Å². The molecule has 19 nitrogen and oxygen atoms in total. The molecule has 1 saturated heterocycles. The molecule has 1 heterocycles. The molecule has 1 aromatic rings. The Labute approximate surface area is 347 Å². The van der Waals surface area contributed by atoms with E-state index in [9.17, 15) is 39.3 Å². The summed E-state index contributed by atoms with van der Waals surface area (Å²) in [5.41, 5.74) is 7.59. The lowest BCUT2D eigenvalue weighted by molar-refractivity contribution is -0.202. The number of nitrogens with two attached hydrogens (primary N) is 2. The summed E-state index contributed by atoms with van der Waals surface area (Å²) in [6.45, 7) is 8.09. The highest BCUT2D eigenvalue weighted by molar-refractivity contribution is 5.91. The zero-order valence-corrected chi connectivity index (χ0v) is 34.8. The number of ether oxygens (including phenoxy) is 1. The molecule has 9 atom stereocenters. The number of carbonyl (C=O) groups is 5. The third-order valence-electron chi connectivity index (χ3n) is 10.1. The van der Waals surface area contributed by atoms with Crippen LogP contribution < -0.4 is 48.8 Å². The average molecular weight is 833 g/mol. The molecule has 0 radical (unpaired) electrons. The molecule has 19 heteroatoms. The lowest BCUT2D eigenvalue weighted by atomic mass is 9.83. The average Bonchev–Trinajstić information content (AvgIpc) is 3.20. The molecule has 0 aliphatic carbocycles. The minimum atomic E-state index is -1.36. The van der Waals surface area contributed by atoms with Crippen molar-refractivity contribution in [2.75, 3.05) is 40.3 Å². The van der Waals surface area contributed by atoms with Gasteiger partial charge >= 0.3 is 0 Å². The molecule has 1 aromatic carbocycles. The number of aliphatic hydroxyl groups excluding tert-OH is 3. The normalized spacial score (nSPS) is 21.2. The van der Waals surface area contributed by atoms with Crippen LogP contribution in [0.1, 0.15) is 64.4 Å². The van der Waals surface area contributed by atoms with E-state index >= 15 is 0 Å². The highest BCUT2D eigenvalue weighted by Crippen LogP contribution is 2.29. The van der Waals surface area contributed by atoms with Crippen LogP contribution in [0.25, 0.3) is 0 Å². The van der Waals surface area contributed by atoms with Crippen molar-refractivity contribution in [1.29, 1.82) is 0 Å². The van der Waals surface area contributed by atoms with Crippen LogP contribution in [-0.2, 0) is 35.1 Å². The number of amides is 5. The Morgan fingerprint density at radius 3 is 2.27 bits per heavy atom. The Morgan fingerprint density at radius 1 is 0.949 bits per heavy atom. The van der Waals surface area contributed by atoms with E-state index in [-0.39, 0.29) is 42.8 Å². The van der Waals surface area contributed by atoms with E-state index in [4.69, 9.17) is 16.3 Å². The fourth-order valence-electron chi connectivity index (χ4n) is 6.79. The molecule has 1 aliphatic heterocycles. The minimum Gasteiger partial charge on any atom is -0.513 e. The first-order chi connectivity index (χ1) is 28.2. The monoisotopic (exact) mass is 833 g/mol. The number of nitrogens with one attached hydrogen (secondary N) is 7. The SMILES string of the molecule is C=C(O)CC(NC(=O)CNC(=O)C(CCCNC)NC=O)C(=O)NC(Cc1ccccc1)/C(N)=C/N(N)C(C)CCCNC(=O)C1OC(CNC)C(CCC)C(O)C1O. The molecular weight excluding hydrogens is 765 g/mol. The minimum absolute atomic E-state index is 0.191. The maximum Gasteiger partial charge on any atom is 0.251 e. The number of carbonyl (C=O) groups excluding carboxylic acids is 5. The smallest absolute Gasteiger partial charge is 0.251 e. The molecule has 0 bridgehead atoms. The van der Waals surface area contributed by atoms with E-state index in [1.54, 1.807) is 14.1 Å². The number of rotatable bonds is 28. The van der Waals surface area contributed by atoms with Gasteiger partial charge in [-0.15, -0.1) is 0 Å². The van der Waals surface area contributed by atoms with Gasteiger partial charge in [-0.1, -0.05) is 50.3 Å². The number of hydrazine groups is 1. The molecule has 0 aromatic heterocycles. The van der Waals surface area contributed by atoms with Crippen molar-refractivity contribution in [3.8, 4) is 0 Å². The van der Waals surface area contributed by atoms with E-state index in [1.807, 2.05) is 44.2 Å². The molecule has 0 spiro atoms. The first-order valence-corrected chi connectivity index (χ1v) is 20.2. The fraction of sp³-hybridized carbons (Fsp3) is 0.625. The third-order valence-corrected chi connectivity index (χ3v) is 10.1. The standard InChI is InChI=1S/C40H68N10O9/c1-6-12-28-33(21-44-5)59-37(36(55)35(28)54)40(58)45-18-10-13-25(2)50(42)23-29(41)31(20-27-14-8-7-9-15-27)49-39(57)32(19-26(3)52)48-34(53)22-46-38(56)30(47-24-51)16-11-17-43-4/h7-9,14-15,23-25,28,30-33,35-37,43-44,52,54-55H,3,6,10-13,16-22,41-42H2,1-2,4-5H3,(H,45,58)(H,46,56)(H,47,51)(H,48,53)(H,49,57)/b29-23-. The van der Waals surface area contributed by atoms with E-state index in [0.29, 0.717) is 51.6 Å². The third kappa shape index (κ3) is 17.5. The summed E-state index contributed by atoms with van der Waals surface area (Å²) in [5.74, 6) is 3.23. The second-order valence-corrected chi connectivity index (χ2v) is 14.9. The van der Waals surface area contributed by atoms with Gasteiger partial charge in [-0.2, -0.15) is 0 Å². The number of likely N-dealkylation sites (N-methyl/N-ethyl adjacent to an activating group) is 1. The molecule has 332 valence electrons. The molecule has 5 amide bonds. The number of hydrogen-bond acceptors (Lipinski definition) is 14. The van der Waals surface area contributed by atoms with Gasteiger partial charge in [-0.3, -0.25) is 24.0 Å². The predicted molar refractivity (Wildman–Crippen MR) is 223 cm³/mol. The van der Waals surface area contributed by atoms with Crippen molar-refractivity contribution in [3.63, 3.8) is 0 Å².